The molecule has 0 saturated heterocycles. The van der Waals surface area contributed by atoms with Gasteiger partial charge in [0.05, 0.1) is 12.3 Å². The fourth-order valence-electron chi connectivity index (χ4n) is 2.12. The van der Waals surface area contributed by atoms with E-state index in [9.17, 15) is 4.79 Å². The molecule has 1 heterocycles. The van der Waals surface area contributed by atoms with E-state index in [2.05, 4.69) is 10.3 Å². The number of rotatable bonds is 3. The van der Waals surface area contributed by atoms with Gasteiger partial charge in [0.25, 0.3) is 0 Å². The minimum Gasteiger partial charge on any atom is -0.462 e. The molecule has 0 spiro atoms. The highest BCUT2D eigenvalue weighted by Gasteiger charge is 2.26. The first-order chi connectivity index (χ1) is 9.13. The van der Waals surface area contributed by atoms with E-state index in [-0.39, 0.29) is 12.1 Å². The summed E-state index contributed by atoms with van der Waals surface area (Å²) in [7, 11) is 0. The summed E-state index contributed by atoms with van der Waals surface area (Å²) in [5, 5.41) is 3.16. The molecule has 0 bridgehead atoms. The molecule has 0 amide bonds. The average molecular weight is 258 g/mol. The summed E-state index contributed by atoms with van der Waals surface area (Å²) in [5.41, 5.74) is 2.95. The van der Waals surface area contributed by atoms with E-state index >= 15 is 0 Å². The molecule has 1 atom stereocenters. The van der Waals surface area contributed by atoms with Gasteiger partial charge in [-0.15, -0.1) is 0 Å². The minimum absolute atomic E-state index is 0.0478. The minimum atomic E-state index is -0.331. The number of nitrogens with one attached hydrogen (secondary N) is 1. The Labute approximate surface area is 113 Å². The third kappa shape index (κ3) is 2.84. The monoisotopic (exact) mass is 258 g/mol. The fourth-order valence-corrected chi connectivity index (χ4v) is 2.12. The molecule has 1 aliphatic heterocycles. The van der Waals surface area contributed by atoms with Crippen LogP contribution in [0.4, 0.5) is 0 Å². The first kappa shape index (κ1) is 13.3. The number of allylic oxidation sites excluding steroid dienone is 1. The Morgan fingerprint density at radius 3 is 2.68 bits per heavy atom. The van der Waals surface area contributed by atoms with Crippen LogP contribution in [-0.4, -0.2) is 24.5 Å². The summed E-state index contributed by atoms with van der Waals surface area (Å²) in [5.74, 6) is -0.331. The normalized spacial score (nSPS) is 18.7. The van der Waals surface area contributed by atoms with Crippen LogP contribution in [0.25, 0.3) is 0 Å². The van der Waals surface area contributed by atoms with Gasteiger partial charge in [-0.3, -0.25) is 4.99 Å². The molecular weight excluding hydrogens is 240 g/mol. The van der Waals surface area contributed by atoms with Gasteiger partial charge in [-0.05, 0) is 20.8 Å². The third-order valence-electron chi connectivity index (χ3n) is 2.89. The summed E-state index contributed by atoms with van der Waals surface area (Å²) < 4.78 is 5.12. The highest BCUT2D eigenvalue weighted by molar-refractivity contribution is 6.27. The van der Waals surface area contributed by atoms with Crippen LogP contribution in [0.2, 0.25) is 0 Å². The van der Waals surface area contributed by atoms with Crippen molar-refractivity contribution in [1.29, 1.82) is 0 Å². The van der Waals surface area contributed by atoms with Crippen molar-refractivity contribution in [1.82, 2.24) is 5.32 Å². The first-order valence-electron chi connectivity index (χ1n) is 6.41. The molecule has 100 valence electrons. The van der Waals surface area contributed by atoms with Crippen molar-refractivity contribution >= 4 is 11.7 Å². The SMILES string of the molecule is CCOC(=O)C1=C(C)NC(C)N=C1c1ccccc1. The standard InChI is InChI=1S/C15H18N2O2/c1-4-19-15(18)13-10(2)16-11(3)17-14(13)12-8-6-5-7-9-12/h5-9,11,16H,4H2,1-3H3. The van der Waals surface area contributed by atoms with Gasteiger partial charge < -0.3 is 10.1 Å². The van der Waals surface area contributed by atoms with Crippen molar-refractivity contribution in [3.8, 4) is 0 Å². The number of aliphatic imine (C=N–C) groups is 1. The number of hydrogen-bond donors (Lipinski definition) is 1. The summed E-state index contributed by atoms with van der Waals surface area (Å²) in [4.78, 5) is 16.6. The van der Waals surface area contributed by atoms with Crippen molar-refractivity contribution < 1.29 is 9.53 Å². The Hall–Kier alpha value is -2.10. The fraction of sp³-hybridized carbons (Fsp3) is 0.333. The van der Waals surface area contributed by atoms with Crippen molar-refractivity contribution in [2.24, 2.45) is 4.99 Å². The van der Waals surface area contributed by atoms with Crippen LogP contribution in [0.1, 0.15) is 26.3 Å². The van der Waals surface area contributed by atoms with Crippen LogP contribution in [0.3, 0.4) is 0 Å². The second kappa shape index (κ2) is 5.69. The first-order valence-corrected chi connectivity index (χ1v) is 6.41. The van der Waals surface area contributed by atoms with Gasteiger partial charge in [-0.2, -0.15) is 0 Å². The number of nitrogens with zero attached hydrogens (tertiary/aromatic N) is 1. The molecule has 1 aromatic carbocycles. The predicted molar refractivity (Wildman–Crippen MR) is 74.9 cm³/mol. The summed E-state index contributed by atoms with van der Waals surface area (Å²) in [6.45, 7) is 5.98. The van der Waals surface area contributed by atoms with E-state index in [1.165, 1.54) is 0 Å². The van der Waals surface area contributed by atoms with Gasteiger partial charge in [-0.25, -0.2) is 4.79 Å². The summed E-state index contributed by atoms with van der Waals surface area (Å²) in [6, 6.07) is 9.70. The maximum atomic E-state index is 12.1. The number of hydrogen-bond acceptors (Lipinski definition) is 4. The van der Waals surface area contributed by atoms with Gasteiger partial charge in [0.15, 0.2) is 0 Å². The zero-order valence-corrected chi connectivity index (χ0v) is 11.4. The lowest BCUT2D eigenvalue weighted by molar-refractivity contribution is -0.137. The van der Waals surface area contributed by atoms with Crippen LogP contribution >= 0.6 is 0 Å². The largest absolute Gasteiger partial charge is 0.462 e. The van der Waals surface area contributed by atoms with Crippen molar-refractivity contribution in [3.63, 3.8) is 0 Å². The molecule has 0 aromatic heterocycles. The van der Waals surface area contributed by atoms with E-state index < -0.39 is 0 Å². The molecule has 0 fully saturated rings. The topological polar surface area (TPSA) is 50.7 Å². The molecule has 0 saturated carbocycles. The molecule has 1 aliphatic rings. The highest BCUT2D eigenvalue weighted by atomic mass is 16.5. The van der Waals surface area contributed by atoms with E-state index in [0.29, 0.717) is 17.9 Å². The molecule has 1 N–H and O–H groups in total. The molecule has 19 heavy (non-hydrogen) atoms. The van der Waals surface area contributed by atoms with E-state index in [4.69, 9.17) is 4.74 Å². The maximum absolute atomic E-state index is 12.1. The molecule has 2 rings (SSSR count). The number of esters is 1. The van der Waals surface area contributed by atoms with Crippen LogP contribution < -0.4 is 5.32 Å². The average Bonchev–Trinajstić information content (AvgIpc) is 2.39. The molecule has 4 heteroatoms. The van der Waals surface area contributed by atoms with Crippen LogP contribution in [0, 0.1) is 0 Å². The zero-order chi connectivity index (χ0) is 13.8. The quantitative estimate of drug-likeness (QED) is 0.846. The van der Waals surface area contributed by atoms with Gasteiger partial charge in [0, 0.05) is 11.3 Å². The molecule has 1 aromatic rings. The number of ether oxygens (including phenoxy) is 1. The van der Waals surface area contributed by atoms with Gasteiger partial charge in [-0.1, -0.05) is 30.3 Å². The molecule has 0 radical (unpaired) electrons. The number of carbonyl (C=O) groups excluding carboxylic acids is 1. The lowest BCUT2D eigenvalue weighted by atomic mass is 9.99. The Balaban J connectivity index is 2.45. The Morgan fingerprint density at radius 2 is 2.05 bits per heavy atom. The zero-order valence-electron chi connectivity index (χ0n) is 11.4. The Kier molecular flexibility index (Phi) is 4.00. The number of benzene rings is 1. The predicted octanol–water partition coefficient (Wildman–Crippen LogP) is 2.26. The smallest absolute Gasteiger partial charge is 0.342 e. The van der Waals surface area contributed by atoms with Crippen molar-refractivity contribution in [2.45, 2.75) is 26.9 Å². The third-order valence-corrected chi connectivity index (χ3v) is 2.89. The molecule has 4 nitrogen and oxygen atoms in total. The Morgan fingerprint density at radius 1 is 1.37 bits per heavy atom. The highest BCUT2D eigenvalue weighted by Crippen LogP contribution is 2.19. The second-order valence-corrected chi connectivity index (χ2v) is 4.38. The van der Waals surface area contributed by atoms with Gasteiger partial charge >= 0.3 is 5.97 Å². The van der Waals surface area contributed by atoms with E-state index in [1.54, 1.807) is 6.92 Å². The maximum Gasteiger partial charge on any atom is 0.342 e. The molecule has 0 aliphatic carbocycles. The van der Waals surface area contributed by atoms with Crippen LogP contribution in [0.5, 0.6) is 0 Å². The lowest BCUT2D eigenvalue weighted by Crippen LogP contribution is -2.34. The summed E-state index contributed by atoms with van der Waals surface area (Å²) >= 11 is 0. The second-order valence-electron chi connectivity index (χ2n) is 4.38. The van der Waals surface area contributed by atoms with Crippen molar-refractivity contribution in [3.05, 3.63) is 47.2 Å². The van der Waals surface area contributed by atoms with Crippen LogP contribution in [-0.2, 0) is 9.53 Å². The molecular formula is C15H18N2O2. The van der Waals surface area contributed by atoms with Crippen molar-refractivity contribution in [2.75, 3.05) is 6.61 Å². The summed E-state index contributed by atoms with van der Waals surface area (Å²) in [6.07, 6.45) is -0.0478. The lowest BCUT2D eigenvalue weighted by Gasteiger charge is -2.23. The Bertz CT molecular complexity index is 532. The van der Waals surface area contributed by atoms with Gasteiger partial charge in [0.1, 0.15) is 11.7 Å². The van der Waals surface area contributed by atoms with Crippen LogP contribution in [0.15, 0.2) is 46.6 Å². The van der Waals surface area contributed by atoms with Gasteiger partial charge in [0.2, 0.25) is 0 Å². The molecule has 1 unspecified atom stereocenters. The number of carbonyl (C=O) groups is 1. The van der Waals surface area contributed by atoms with E-state index in [1.807, 2.05) is 44.2 Å². The van der Waals surface area contributed by atoms with E-state index in [0.717, 1.165) is 11.3 Å².